The molecule has 0 saturated carbocycles. The summed E-state index contributed by atoms with van der Waals surface area (Å²) in [6, 6.07) is 19.0. The SMILES string of the molecule is Cc1ccc(C2=NN(c3nc(-c4ccccc4)cs3)[C@@H](c3cnn(C)c3C)C2)cc1. The Hall–Kier alpha value is -3.25. The smallest absolute Gasteiger partial charge is 0.207 e. The van der Waals surface area contributed by atoms with Gasteiger partial charge in [0.25, 0.3) is 0 Å². The fourth-order valence-corrected chi connectivity index (χ4v) is 4.64. The Morgan fingerprint density at radius 1 is 0.967 bits per heavy atom. The first-order valence-corrected chi connectivity index (χ1v) is 10.9. The molecule has 4 aromatic rings. The van der Waals surface area contributed by atoms with E-state index in [9.17, 15) is 0 Å². The van der Waals surface area contributed by atoms with E-state index in [0.717, 1.165) is 39.8 Å². The molecule has 1 aliphatic heterocycles. The molecule has 0 saturated heterocycles. The Bertz CT molecular complexity index is 1200. The van der Waals surface area contributed by atoms with Crippen LogP contribution in [0.25, 0.3) is 11.3 Å². The average molecular weight is 414 g/mol. The highest BCUT2D eigenvalue weighted by Crippen LogP contribution is 2.40. The molecule has 150 valence electrons. The minimum Gasteiger partial charge on any atom is -0.273 e. The van der Waals surface area contributed by atoms with Crippen molar-refractivity contribution in [1.82, 2.24) is 14.8 Å². The lowest BCUT2D eigenvalue weighted by Crippen LogP contribution is -2.19. The summed E-state index contributed by atoms with van der Waals surface area (Å²) in [6.45, 7) is 4.22. The van der Waals surface area contributed by atoms with Crippen LogP contribution < -0.4 is 5.01 Å². The molecule has 0 radical (unpaired) electrons. The van der Waals surface area contributed by atoms with Crippen molar-refractivity contribution in [1.29, 1.82) is 0 Å². The van der Waals surface area contributed by atoms with Crippen LogP contribution in [0.3, 0.4) is 0 Å². The lowest BCUT2D eigenvalue weighted by molar-refractivity contribution is 0.691. The van der Waals surface area contributed by atoms with Crippen LogP contribution in [-0.2, 0) is 7.05 Å². The zero-order valence-corrected chi connectivity index (χ0v) is 18.1. The molecule has 30 heavy (non-hydrogen) atoms. The van der Waals surface area contributed by atoms with Gasteiger partial charge in [-0.2, -0.15) is 10.2 Å². The number of aryl methyl sites for hydroxylation is 2. The number of hydrogen-bond acceptors (Lipinski definition) is 5. The third-order valence-electron chi connectivity index (χ3n) is 5.68. The van der Waals surface area contributed by atoms with Gasteiger partial charge in [-0.15, -0.1) is 11.3 Å². The van der Waals surface area contributed by atoms with Gasteiger partial charge in [0, 0.05) is 35.7 Å². The lowest BCUT2D eigenvalue weighted by atomic mass is 9.98. The first-order valence-electron chi connectivity index (χ1n) is 10.0. The molecule has 5 nitrogen and oxygen atoms in total. The second-order valence-corrected chi connectivity index (χ2v) is 8.50. The van der Waals surface area contributed by atoms with Crippen molar-refractivity contribution in [3.05, 3.63) is 88.6 Å². The Labute approximate surface area is 180 Å². The first kappa shape index (κ1) is 18.8. The largest absolute Gasteiger partial charge is 0.273 e. The maximum absolute atomic E-state index is 5.03. The standard InChI is InChI=1S/C24H23N5S/c1-16-9-11-19(12-10-16)21-13-23(20-14-25-28(3)17(20)2)29(27-21)24-26-22(15-30-24)18-7-5-4-6-8-18/h4-12,14-15,23H,13H2,1-3H3/t23-/m1/s1. The van der Waals surface area contributed by atoms with E-state index in [0.29, 0.717) is 0 Å². The maximum Gasteiger partial charge on any atom is 0.207 e. The molecule has 0 fully saturated rings. The van der Waals surface area contributed by atoms with Crippen molar-refractivity contribution >= 4 is 22.2 Å². The zero-order chi connectivity index (χ0) is 20.7. The van der Waals surface area contributed by atoms with Crippen LogP contribution in [0.4, 0.5) is 5.13 Å². The van der Waals surface area contributed by atoms with Crippen molar-refractivity contribution in [2.75, 3.05) is 5.01 Å². The highest BCUT2D eigenvalue weighted by Gasteiger charge is 2.33. The van der Waals surface area contributed by atoms with E-state index in [2.05, 4.69) is 65.7 Å². The van der Waals surface area contributed by atoms with Gasteiger partial charge in [-0.05, 0) is 19.4 Å². The highest BCUT2D eigenvalue weighted by molar-refractivity contribution is 7.14. The Morgan fingerprint density at radius 3 is 2.43 bits per heavy atom. The summed E-state index contributed by atoms with van der Waals surface area (Å²) in [7, 11) is 1.98. The van der Waals surface area contributed by atoms with E-state index in [1.165, 1.54) is 11.1 Å². The zero-order valence-electron chi connectivity index (χ0n) is 17.3. The summed E-state index contributed by atoms with van der Waals surface area (Å²) in [5.41, 5.74) is 7.95. The quantitative estimate of drug-likeness (QED) is 0.443. The van der Waals surface area contributed by atoms with E-state index in [-0.39, 0.29) is 6.04 Å². The van der Waals surface area contributed by atoms with Crippen LogP contribution in [0.2, 0.25) is 0 Å². The van der Waals surface area contributed by atoms with Crippen molar-refractivity contribution in [3.63, 3.8) is 0 Å². The molecule has 0 N–H and O–H groups in total. The van der Waals surface area contributed by atoms with Gasteiger partial charge < -0.3 is 0 Å². The first-order chi connectivity index (χ1) is 14.6. The van der Waals surface area contributed by atoms with E-state index < -0.39 is 0 Å². The summed E-state index contributed by atoms with van der Waals surface area (Å²) in [5, 5.41) is 14.6. The molecule has 2 aromatic heterocycles. The molecule has 1 aliphatic rings. The van der Waals surface area contributed by atoms with E-state index >= 15 is 0 Å². The van der Waals surface area contributed by atoms with E-state index in [1.54, 1.807) is 11.3 Å². The fraction of sp³-hybridized carbons (Fsp3) is 0.208. The van der Waals surface area contributed by atoms with Crippen LogP contribution in [0.1, 0.15) is 34.8 Å². The molecule has 0 bridgehead atoms. The average Bonchev–Trinajstić information content (AvgIpc) is 3.49. The van der Waals surface area contributed by atoms with Crippen LogP contribution in [-0.4, -0.2) is 20.5 Å². The maximum atomic E-state index is 5.03. The monoisotopic (exact) mass is 413 g/mol. The number of aromatic nitrogens is 3. The number of anilines is 1. The number of rotatable bonds is 4. The summed E-state index contributed by atoms with van der Waals surface area (Å²) in [6.07, 6.45) is 2.79. The predicted molar refractivity (Wildman–Crippen MR) is 123 cm³/mol. The fourth-order valence-electron chi connectivity index (χ4n) is 3.80. The lowest BCUT2D eigenvalue weighted by Gasteiger charge is -2.20. The summed E-state index contributed by atoms with van der Waals surface area (Å²) in [4.78, 5) is 4.93. The summed E-state index contributed by atoms with van der Waals surface area (Å²) >= 11 is 1.63. The second-order valence-electron chi connectivity index (χ2n) is 7.67. The van der Waals surface area contributed by atoms with Crippen molar-refractivity contribution in [3.8, 4) is 11.3 Å². The third-order valence-corrected chi connectivity index (χ3v) is 6.52. The van der Waals surface area contributed by atoms with Gasteiger partial charge in [0.05, 0.1) is 23.6 Å². The molecule has 6 heteroatoms. The van der Waals surface area contributed by atoms with Gasteiger partial charge in [-0.1, -0.05) is 60.2 Å². The molecule has 2 aromatic carbocycles. The van der Waals surface area contributed by atoms with Crippen LogP contribution >= 0.6 is 11.3 Å². The third kappa shape index (κ3) is 3.33. The van der Waals surface area contributed by atoms with Gasteiger partial charge in [-0.3, -0.25) is 4.68 Å². The van der Waals surface area contributed by atoms with Gasteiger partial charge >= 0.3 is 0 Å². The van der Waals surface area contributed by atoms with Crippen LogP contribution in [0.5, 0.6) is 0 Å². The predicted octanol–water partition coefficient (Wildman–Crippen LogP) is 5.52. The molecule has 3 heterocycles. The van der Waals surface area contributed by atoms with Gasteiger partial charge in [0.15, 0.2) is 0 Å². The van der Waals surface area contributed by atoms with Crippen LogP contribution in [0.15, 0.2) is 71.3 Å². The molecule has 0 aliphatic carbocycles. The number of hydrogen-bond donors (Lipinski definition) is 0. The normalized spacial score (nSPS) is 16.2. The molecule has 1 atom stereocenters. The topological polar surface area (TPSA) is 46.3 Å². The Morgan fingerprint density at radius 2 is 1.73 bits per heavy atom. The van der Waals surface area contributed by atoms with Crippen molar-refractivity contribution < 1.29 is 0 Å². The second kappa shape index (κ2) is 7.54. The molecule has 0 amide bonds. The summed E-state index contributed by atoms with van der Waals surface area (Å²) < 4.78 is 1.93. The van der Waals surface area contributed by atoms with Gasteiger partial charge in [0.1, 0.15) is 0 Å². The number of hydrazone groups is 1. The van der Waals surface area contributed by atoms with Crippen molar-refractivity contribution in [2.24, 2.45) is 12.1 Å². The molecule has 0 unspecified atom stereocenters. The van der Waals surface area contributed by atoms with E-state index in [4.69, 9.17) is 10.1 Å². The Kier molecular flexibility index (Phi) is 4.71. The minimum absolute atomic E-state index is 0.0878. The van der Waals surface area contributed by atoms with E-state index in [1.807, 2.05) is 36.1 Å². The number of benzene rings is 2. The van der Waals surface area contributed by atoms with Gasteiger partial charge in [0.2, 0.25) is 5.13 Å². The summed E-state index contributed by atoms with van der Waals surface area (Å²) in [5.74, 6) is 0. The highest BCUT2D eigenvalue weighted by atomic mass is 32.1. The minimum atomic E-state index is 0.0878. The molecule has 0 spiro atoms. The Balaban J connectivity index is 1.55. The molecular formula is C24H23N5S. The number of nitrogens with zero attached hydrogens (tertiary/aromatic N) is 5. The van der Waals surface area contributed by atoms with Gasteiger partial charge in [-0.25, -0.2) is 9.99 Å². The number of thiazole rings is 1. The molecule has 5 rings (SSSR count). The van der Waals surface area contributed by atoms with Crippen molar-refractivity contribution in [2.45, 2.75) is 26.3 Å². The molecular weight excluding hydrogens is 390 g/mol. The van der Waals surface area contributed by atoms with Crippen LogP contribution in [0, 0.1) is 13.8 Å².